The second kappa shape index (κ2) is 14.8. The van der Waals surface area contributed by atoms with Crippen molar-refractivity contribution in [2.45, 2.75) is 44.8 Å². The Morgan fingerprint density at radius 3 is 2.29 bits per heavy atom. The number of carboxylic acid groups (broad SMARTS) is 1. The van der Waals surface area contributed by atoms with Crippen LogP contribution in [0.1, 0.15) is 48.5 Å². The molecule has 1 aliphatic rings. The number of aromatic nitrogens is 1. The Hall–Kier alpha value is -3.70. The Morgan fingerprint density at radius 2 is 1.73 bits per heavy atom. The monoisotopic (exact) mass is 576 g/mol. The molecule has 0 bridgehead atoms. The van der Waals surface area contributed by atoms with Crippen LogP contribution < -0.4 is 9.64 Å². The normalized spacial score (nSPS) is 17.2. The molecular formula is C30H35F3N2O6. The number of hydrogen-bond donors (Lipinski definition) is 1. The molecule has 0 radical (unpaired) electrons. The first-order valence-corrected chi connectivity index (χ1v) is 13.3. The van der Waals surface area contributed by atoms with E-state index in [0.29, 0.717) is 18.8 Å². The number of amides is 1. The lowest BCUT2D eigenvalue weighted by molar-refractivity contribution is -0.138. The van der Waals surface area contributed by atoms with Gasteiger partial charge in [0.2, 0.25) is 11.8 Å². The van der Waals surface area contributed by atoms with E-state index in [-0.39, 0.29) is 55.3 Å². The summed E-state index contributed by atoms with van der Waals surface area (Å²) in [4.78, 5) is 31.6. The molecule has 0 aliphatic heterocycles. The third-order valence-corrected chi connectivity index (χ3v) is 6.81. The summed E-state index contributed by atoms with van der Waals surface area (Å²) in [6, 6.07) is 4.98. The summed E-state index contributed by atoms with van der Waals surface area (Å²) >= 11 is 0. The second-order valence-electron chi connectivity index (χ2n) is 9.91. The minimum absolute atomic E-state index is 0.0260. The topological polar surface area (TPSA) is 98.2 Å². The number of halogens is 3. The molecule has 0 spiro atoms. The van der Waals surface area contributed by atoms with Crippen molar-refractivity contribution in [3.05, 3.63) is 73.0 Å². The zero-order chi connectivity index (χ0) is 30.0. The summed E-state index contributed by atoms with van der Waals surface area (Å²) in [5.41, 5.74) is -1.38. The Labute approximate surface area is 237 Å². The molecule has 1 heterocycles. The number of carbonyl (C=O) groups is 2. The summed E-state index contributed by atoms with van der Waals surface area (Å²) < 4.78 is 57.2. The van der Waals surface area contributed by atoms with Crippen molar-refractivity contribution in [2.75, 3.05) is 31.3 Å². The third-order valence-electron chi connectivity index (χ3n) is 6.81. The van der Waals surface area contributed by atoms with Crippen molar-refractivity contribution in [3.63, 3.8) is 0 Å². The van der Waals surface area contributed by atoms with Gasteiger partial charge in [0, 0.05) is 12.1 Å². The number of carbonyl (C=O) groups excluding carboxylic acids is 1. The number of hydrogen-bond acceptors (Lipinski definition) is 6. The number of pyridine rings is 1. The maximum Gasteiger partial charge on any atom is 0.421 e. The van der Waals surface area contributed by atoms with Gasteiger partial charge in [-0.1, -0.05) is 19.1 Å². The summed E-state index contributed by atoms with van der Waals surface area (Å²) in [7, 11) is 0. The number of rotatable bonds is 14. The summed E-state index contributed by atoms with van der Waals surface area (Å²) in [5, 5.41) is 10.1. The lowest BCUT2D eigenvalue weighted by Crippen LogP contribution is -2.49. The van der Waals surface area contributed by atoms with Crippen LogP contribution in [0.2, 0.25) is 0 Å². The van der Waals surface area contributed by atoms with Gasteiger partial charge >= 0.3 is 12.1 Å². The average molecular weight is 577 g/mol. The summed E-state index contributed by atoms with van der Waals surface area (Å²) in [6.45, 7) is 9.85. The fraction of sp³-hybridized carbons (Fsp3) is 0.433. The third kappa shape index (κ3) is 8.64. The van der Waals surface area contributed by atoms with Crippen molar-refractivity contribution < 1.29 is 42.1 Å². The second-order valence-corrected chi connectivity index (χ2v) is 9.91. The Morgan fingerprint density at radius 1 is 1.10 bits per heavy atom. The van der Waals surface area contributed by atoms with Crippen LogP contribution in [-0.2, 0) is 20.4 Å². The number of benzene rings is 1. The highest BCUT2D eigenvalue weighted by Gasteiger charge is 2.37. The van der Waals surface area contributed by atoms with Crippen molar-refractivity contribution in [1.82, 2.24) is 4.98 Å². The van der Waals surface area contributed by atoms with Crippen LogP contribution in [0.25, 0.3) is 0 Å². The predicted molar refractivity (Wildman–Crippen MR) is 147 cm³/mol. The van der Waals surface area contributed by atoms with Gasteiger partial charge in [-0.05, 0) is 61.9 Å². The van der Waals surface area contributed by atoms with E-state index in [1.807, 2.05) is 0 Å². The zero-order valence-electron chi connectivity index (χ0n) is 22.9. The maximum atomic E-state index is 14.0. The van der Waals surface area contributed by atoms with Crippen LogP contribution >= 0.6 is 0 Å². The maximum absolute atomic E-state index is 14.0. The first kappa shape index (κ1) is 31.8. The fourth-order valence-corrected chi connectivity index (χ4v) is 4.73. The number of carboxylic acids is 1. The number of alkyl halides is 3. The first-order valence-electron chi connectivity index (χ1n) is 13.3. The molecule has 3 rings (SSSR count). The van der Waals surface area contributed by atoms with Crippen LogP contribution in [0.3, 0.4) is 0 Å². The Balaban J connectivity index is 2.06. The van der Waals surface area contributed by atoms with E-state index >= 15 is 0 Å². The van der Waals surface area contributed by atoms with Crippen molar-refractivity contribution in [3.8, 4) is 11.6 Å². The van der Waals surface area contributed by atoms with Gasteiger partial charge in [0.25, 0.3) is 0 Å². The smallest absolute Gasteiger partial charge is 0.421 e. The Kier molecular flexibility index (Phi) is 11.5. The van der Waals surface area contributed by atoms with Crippen LogP contribution in [0.4, 0.5) is 18.9 Å². The van der Waals surface area contributed by atoms with Crippen molar-refractivity contribution in [2.24, 2.45) is 11.8 Å². The molecule has 1 saturated carbocycles. The van der Waals surface area contributed by atoms with Gasteiger partial charge in [-0.3, -0.25) is 4.79 Å². The fourth-order valence-electron chi connectivity index (χ4n) is 4.73. The molecule has 1 aromatic heterocycles. The van der Waals surface area contributed by atoms with Gasteiger partial charge in [0.15, 0.2) is 0 Å². The van der Waals surface area contributed by atoms with Gasteiger partial charge < -0.3 is 24.2 Å². The molecule has 1 aliphatic carbocycles. The van der Waals surface area contributed by atoms with Crippen molar-refractivity contribution in [1.29, 1.82) is 0 Å². The highest BCUT2D eigenvalue weighted by Crippen LogP contribution is 2.38. The average Bonchev–Trinajstić information content (AvgIpc) is 2.93. The van der Waals surface area contributed by atoms with Gasteiger partial charge in [-0.15, -0.1) is 13.2 Å². The van der Waals surface area contributed by atoms with Crippen LogP contribution in [0.5, 0.6) is 11.6 Å². The quantitative estimate of drug-likeness (QED) is 0.202. The molecule has 222 valence electrons. The molecule has 11 heteroatoms. The van der Waals surface area contributed by atoms with Gasteiger partial charge in [0.05, 0.1) is 43.7 Å². The number of aromatic carboxylic acids is 1. The highest BCUT2D eigenvalue weighted by atomic mass is 19.4. The molecule has 1 N–H and O–H groups in total. The van der Waals surface area contributed by atoms with E-state index in [2.05, 4.69) is 25.1 Å². The van der Waals surface area contributed by atoms with Crippen molar-refractivity contribution >= 4 is 17.6 Å². The van der Waals surface area contributed by atoms with Gasteiger partial charge in [-0.2, -0.15) is 13.2 Å². The molecule has 0 saturated heterocycles. The molecule has 1 aromatic carbocycles. The minimum atomic E-state index is -4.73. The molecular weight excluding hydrogens is 541 g/mol. The number of nitrogens with zero attached hydrogens (tertiary/aromatic N) is 2. The standard InChI is InChI=1S/C30H35F3N2O6/c1-4-15-39-18-22(19-40-16-5-2)35(28(36)21-10-8-20(3)9-11-21)26-13-12-23(17-24(26)29(37)38)41-27-25(30(31,32)33)7-6-14-34-27/h4-7,12-14,17,20-22H,1-2,8-11,15-16,18-19H2,3H3,(H,37,38). The Bertz CT molecular complexity index is 1200. The lowest BCUT2D eigenvalue weighted by atomic mass is 9.82. The van der Waals surface area contributed by atoms with Crippen LogP contribution in [0, 0.1) is 11.8 Å². The lowest BCUT2D eigenvalue weighted by Gasteiger charge is -2.36. The zero-order valence-corrected chi connectivity index (χ0v) is 22.9. The SMILES string of the molecule is C=CCOCC(COCC=C)N(C(=O)C1CCC(C)CC1)c1ccc(Oc2ncccc2C(F)(F)F)cc1C(=O)O. The van der Waals surface area contributed by atoms with Gasteiger partial charge in [-0.25, -0.2) is 9.78 Å². The van der Waals surface area contributed by atoms with Crippen LogP contribution in [0.15, 0.2) is 61.8 Å². The van der Waals surface area contributed by atoms with E-state index in [1.165, 1.54) is 17.0 Å². The van der Waals surface area contributed by atoms with E-state index < -0.39 is 29.6 Å². The van der Waals surface area contributed by atoms with E-state index in [1.54, 1.807) is 12.2 Å². The molecule has 41 heavy (non-hydrogen) atoms. The minimum Gasteiger partial charge on any atom is -0.478 e. The molecule has 1 amide bonds. The largest absolute Gasteiger partial charge is 0.478 e. The van der Waals surface area contributed by atoms with Gasteiger partial charge in [0.1, 0.15) is 11.3 Å². The number of anilines is 1. The molecule has 0 unspecified atom stereocenters. The molecule has 8 nitrogen and oxygen atoms in total. The van der Waals surface area contributed by atoms with E-state index in [0.717, 1.165) is 37.2 Å². The van der Waals surface area contributed by atoms with E-state index in [9.17, 15) is 27.9 Å². The summed E-state index contributed by atoms with van der Waals surface area (Å²) in [6.07, 6.45) is 2.53. The number of ether oxygens (including phenoxy) is 3. The summed E-state index contributed by atoms with van der Waals surface area (Å²) in [5.74, 6) is -2.43. The predicted octanol–water partition coefficient (Wildman–Crippen LogP) is 6.52. The molecule has 1 fully saturated rings. The highest BCUT2D eigenvalue weighted by molar-refractivity contribution is 6.03. The van der Waals surface area contributed by atoms with E-state index in [4.69, 9.17) is 14.2 Å². The molecule has 2 aromatic rings. The first-order chi connectivity index (χ1) is 19.6. The molecule has 0 atom stereocenters. The van der Waals surface area contributed by atoms with Crippen LogP contribution in [-0.4, -0.2) is 54.4 Å².